The van der Waals surface area contributed by atoms with E-state index in [4.69, 9.17) is 0 Å². The number of carbonyl (C=O) groups is 1. The topological polar surface area (TPSA) is 88.5 Å². The molecule has 1 aromatic carbocycles. The Hall–Kier alpha value is -2.96. The highest BCUT2D eigenvalue weighted by Gasteiger charge is 2.04. The summed E-state index contributed by atoms with van der Waals surface area (Å²) in [5.74, 6) is -0.0989. The predicted molar refractivity (Wildman–Crippen MR) is 75.9 cm³/mol. The molecule has 0 saturated heterocycles. The van der Waals surface area contributed by atoms with Crippen molar-refractivity contribution < 1.29 is 4.79 Å². The molecule has 21 heavy (non-hydrogen) atoms. The van der Waals surface area contributed by atoms with Crippen LogP contribution in [0.3, 0.4) is 0 Å². The van der Waals surface area contributed by atoms with E-state index in [1.54, 1.807) is 6.20 Å². The molecule has 7 nitrogen and oxygen atoms in total. The van der Waals surface area contributed by atoms with Gasteiger partial charge in [-0.2, -0.15) is 10.2 Å². The van der Waals surface area contributed by atoms with Crippen molar-refractivity contribution in [2.45, 2.75) is 13.1 Å². The molecule has 1 amide bonds. The van der Waals surface area contributed by atoms with Gasteiger partial charge in [-0.25, -0.2) is 9.67 Å². The molecule has 0 unspecified atom stereocenters. The highest BCUT2D eigenvalue weighted by molar-refractivity contribution is 5.75. The van der Waals surface area contributed by atoms with Crippen LogP contribution in [0.2, 0.25) is 0 Å². The lowest BCUT2D eigenvalue weighted by atomic mass is 10.1. The Morgan fingerprint density at radius 3 is 2.76 bits per heavy atom. The lowest BCUT2D eigenvalue weighted by molar-refractivity contribution is -0.122. The van der Waals surface area contributed by atoms with Crippen molar-refractivity contribution in [1.29, 1.82) is 0 Å². The molecule has 0 aliphatic heterocycles. The molecule has 2 heterocycles. The molecule has 106 valence electrons. The van der Waals surface area contributed by atoms with E-state index in [0.717, 1.165) is 16.8 Å². The fraction of sp³-hybridized carbons (Fsp3) is 0.143. The van der Waals surface area contributed by atoms with Gasteiger partial charge >= 0.3 is 0 Å². The molecule has 7 heteroatoms. The Morgan fingerprint density at radius 1 is 1.24 bits per heavy atom. The van der Waals surface area contributed by atoms with E-state index in [1.807, 2.05) is 30.3 Å². The van der Waals surface area contributed by atoms with Gasteiger partial charge in [-0.15, -0.1) is 0 Å². The molecule has 2 N–H and O–H groups in total. The number of hydrogen-bond acceptors (Lipinski definition) is 4. The summed E-state index contributed by atoms with van der Waals surface area (Å²) in [7, 11) is 0. The molecular weight excluding hydrogens is 268 g/mol. The third-order valence-corrected chi connectivity index (χ3v) is 3.03. The number of benzene rings is 1. The highest BCUT2D eigenvalue weighted by Crippen LogP contribution is 2.16. The van der Waals surface area contributed by atoms with Crippen molar-refractivity contribution in [3.8, 4) is 11.3 Å². The van der Waals surface area contributed by atoms with Crippen LogP contribution in [-0.4, -0.2) is 30.9 Å². The summed E-state index contributed by atoms with van der Waals surface area (Å²) >= 11 is 0. The lowest BCUT2D eigenvalue weighted by Crippen LogP contribution is -2.27. The zero-order chi connectivity index (χ0) is 14.5. The molecule has 3 aromatic rings. The summed E-state index contributed by atoms with van der Waals surface area (Å²) in [6, 6.07) is 9.85. The summed E-state index contributed by atoms with van der Waals surface area (Å²) in [4.78, 5) is 15.5. The average Bonchev–Trinajstić information content (AvgIpc) is 3.19. The van der Waals surface area contributed by atoms with Crippen LogP contribution in [0.5, 0.6) is 0 Å². The number of hydrogen-bond donors (Lipinski definition) is 2. The van der Waals surface area contributed by atoms with Crippen LogP contribution in [0.25, 0.3) is 11.3 Å². The van der Waals surface area contributed by atoms with Gasteiger partial charge in [0.2, 0.25) is 5.91 Å². The van der Waals surface area contributed by atoms with Crippen molar-refractivity contribution in [3.05, 3.63) is 54.7 Å². The number of rotatable bonds is 5. The largest absolute Gasteiger partial charge is 0.350 e. The Bertz CT molecular complexity index is 688. The van der Waals surface area contributed by atoms with E-state index in [9.17, 15) is 4.79 Å². The molecule has 3 rings (SSSR count). The van der Waals surface area contributed by atoms with Crippen LogP contribution >= 0.6 is 0 Å². The number of nitrogens with one attached hydrogen (secondary N) is 2. The second-order valence-electron chi connectivity index (χ2n) is 4.54. The van der Waals surface area contributed by atoms with Gasteiger partial charge in [0.15, 0.2) is 0 Å². The Balaban J connectivity index is 1.55. The lowest BCUT2D eigenvalue weighted by Gasteiger charge is -2.06. The van der Waals surface area contributed by atoms with Crippen LogP contribution in [0, 0.1) is 0 Å². The molecule has 0 spiro atoms. The molecule has 2 aromatic heterocycles. The number of aromatic amines is 1. The summed E-state index contributed by atoms with van der Waals surface area (Å²) < 4.78 is 1.48. The molecule has 0 aliphatic carbocycles. The molecule has 0 saturated carbocycles. The minimum Gasteiger partial charge on any atom is -0.350 e. The van der Waals surface area contributed by atoms with Gasteiger partial charge in [0.05, 0.1) is 5.69 Å². The highest BCUT2D eigenvalue weighted by atomic mass is 16.2. The second kappa shape index (κ2) is 6.00. The van der Waals surface area contributed by atoms with E-state index >= 15 is 0 Å². The summed E-state index contributed by atoms with van der Waals surface area (Å²) in [5.41, 5.74) is 3.06. The van der Waals surface area contributed by atoms with E-state index < -0.39 is 0 Å². The number of nitrogens with zero attached hydrogens (tertiary/aromatic N) is 4. The maximum absolute atomic E-state index is 11.7. The fourth-order valence-electron chi connectivity index (χ4n) is 1.94. The van der Waals surface area contributed by atoms with Gasteiger partial charge in [0.25, 0.3) is 0 Å². The van der Waals surface area contributed by atoms with Gasteiger partial charge in [-0.3, -0.25) is 9.89 Å². The quantitative estimate of drug-likeness (QED) is 0.730. The molecule has 0 radical (unpaired) electrons. The van der Waals surface area contributed by atoms with Gasteiger partial charge in [0, 0.05) is 12.7 Å². The second-order valence-corrected chi connectivity index (χ2v) is 4.54. The van der Waals surface area contributed by atoms with Crippen molar-refractivity contribution in [2.75, 3.05) is 0 Å². The monoisotopic (exact) mass is 282 g/mol. The first kappa shape index (κ1) is 13.0. The van der Waals surface area contributed by atoms with Crippen LogP contribution in [0.1, 0.15) is 5.56 Å². The van der Waals surface area contributed by atoms with E-state index in [2.05, 4.69) is 25.6 Å². The van der Waals surface area contributed by atoms with Crippen molar-refractivity contribution in [3.63, 3.8) is 0 Å². The van der Waals surface area contributed by atoms with Crippen molar-refractivity contribution in [2.24, 2.45) is 0 Å². The normalized spacial score (nSPS) is 10.5. The van der Waals surface area contributed by atoms with Gasteiger partial charge in [-0.05, 0) is 17.2 Å². The molecule has 0 aliphatic rings. The van der Waals surface area contributed by atoms with Crippen molar-refractivity contribution >= 4 is 5.91 Å². The van der Waals surface area contributed by atoms with Crippen LogP contribution in [0.4, 0.5) is 0 Å². The molecular formula is C14H14N6O. The summed E-state index contributed by atoms with van der Waals surface area (Å²) in [6.45, 7) is 0.656. The zero-order valence-corrected chi connectivity index (χ0v) is 11.2. The molecule has 0 fully saturated rings. The minimum absolute atomic E-state index is 0.0989. The van der Waals surface area contributed by atoms with Crippen LogP contribution in [0.15, 0.2) is 49.2 Å². The third-order valence-electron chi connectivity index (χ3n) is 3.03. The maximum atomic E-state index is 11.7. The SMILES string of the molecule is O=C(Cn1cncn1)NCc1ccc(-c2ccn[nH]2)cc1. The summed E-state index contributed by atoms with van der Waals surface area (Å²) in [6.07, 6.45) is 4.63. The standard InChI is InChI=1S/C14H14N6O/c21-14(8-20-10-15-9-18-20)16-7-11-1-3-12(4-2-11)13-5-6-17-19-13/h1-6,9-10H,7-8H2,(H,16,21)(H,17,19). The van der Waals surface area contributed by atoms with E-state index in [-0.39, 0.29) is 12.5 Å². The smallest absolute Gasteiger partial charge is 0.242 e. The Morgan fingerprint density at radius 2 is 2.10 bits per heavy atom. The van der Waals surface area contributed by atoms with Crippen molar-refractivity contribution in [1.82, 2.24) is 30.3 Å². The average molecular weight is 282 g/mol. The first-order chi connectivity index (χ1) is 10.3. The number of aromatic nitrogens is 5. The van der Waals surface area contributed by atoms with Gasteiger partial charge < -0.3 is 5.32 Å². The predicted octanol–water partition coefficient (Wildman–Crippen LogP) is 0.985. The summed E-state index contributed by atoms with van der Waals surface area (Å²) in [5, 5.41) is 13.6. The minimum atomic E-state index is -0.0989. The first-order valence-corrected chi connectivity index (χ1v) is 6.49. The fourth-order valence-corrected chi connectivity index (χ4v) is 1.94. The molecule has 0 bridgehead atoms. The van der Waals surface area contributed by atoms with Gasteiger partial charge in [-0.1, -0.05) is 24.3 Å². The third kappa shape index (κ3) is 3.33. The zero-order valence-electron chi connectivity index (χ0n) is 11.2. The van der Waals surface area contributed by atoms with Gasteiger partial charge in [0.1, 0.15) is 19.2 Å². The van der Waals surface area contributed by atoms with E-state index in [0.29, 0.717) is 6.54 Å². The maximum Gasteiger partial charge on any atom is 0.242 e. The number of H-pyrrole nitrogens is 1. The van der Waals surface area contributed by atoms with Crippen LogP contribution < -0.4 is 5.32 Å². The Kier molecular flexibility index (Phi) is 3.72. The number of amides is 1. The molecule has 0 atom stereocenters. The van der Waals surface area contributed by atoms with Crippen LogP contribution in [-0.2, 0) is 17.9 Å². The van der Waals surface area contributed by atoms with E-state index in [1.165, 1.54) is 17.3 Å². The number of carbonyl (C=O) groups excluding carboxylic acids is 1. The Labute approximate surface area is 121 Å². The first-order valence-electron chi connectivity index (χ1n) is 6.49.